The molecule has 6 nitrogen and oxygen atoms in total. The average Bonchev–Trinajstić information content (AvgIpc) is 2.60. The van der Waals surface area contributed by atoms with Gasteiger partial charge in [-0.1, -0.05) is 59.6 Å². The van der Waals surface area contributed by atoms with Crippen molar-refractivity contribution in [2.75, 3.05) is 12.3 Å². The van der Waals surface area contributed by atoms with Gasteiger partial charge in [0.05, 0.1) is 18.3 Å². The van der Waals surface area contributed by atoms with Crippen molar-refractivity contribution in [1.82, 2.24) is 10.0 Å². The molecule has 0 heterocycles. The fraction of sp³-hybridized carbons (Fsp3) is 0.278. The van der Waals surface area contributed by atoms with E-state index in [1.54, 1.807) is 18.2 Å². The first kappa shape index (κ1) is 25.0. The van der Waals surface area contributed by atoms with Crippen LogP contribution < -0.4 is 15.8 Å². The Labute approximate surface area is 193 Å². The fourth-order valence-corrected chi connectivity index (χ4v) is 3.78. The van der Waals surface area contributed by atoms with Gasteiger partial charge in [-0.05, 0) is 30.2 Å². The molecule has 0 amide bonds. The topological polar surface area (TPSA) is 96.6 Å². The van der Waals surface area contributed by atoms with E-state index in [9.17, 15) is 8.42 Å². The molecular formula is C18H23Cl2IN4O2S. The van der Waals surface area contributed by atoms with Gasteiger partial charge in [-0.15, -0.1) is 24.0 Å². The van der Waals surface area contributed by atoms with Gasteiger partial charge in [-0.3, -0.25) is 4.99 Å². The van der Waals surface area contributed by atoms with Crippen LogP contribution >= 0.6 is 47.2 Å². The minimum absolute atomic E-state index is 0. The van der Waals surface area contributed by atoms with Crippen LogP contribution in [0.25, 0.3) is 0 Å². The molecule has 0 aliphatic carbocycles. The molecule has 2 rings (SSSR count). The summed E-state index contributed by atoms with van der Waals surface area (Å²) >= 11 is 12.1. The number of aliphatic imine (C=N–C) groups is 1. The maximum absolute atomic E-state index is 12.0. The van der Waals surface area contributed by atoms with Crippen molar-refractivity contribution < 1.29 is 8.42 Å². The largest absolute Gasteiger partial charge is 0.370 e. The van der Waals surface area contributed by atoms with E-state index in [0.717, 1.165) is 11.1 Å². The van der Waals surface area contributed by atoms with Crippen molar-refractivity contribution in [2.24, 2.45) is 10.7 Å². The monoisotopic (exact) mass is 556 g/mol. The van der Waals surface area contributed by atoms with Gasteiger partial charge >= 0.3 is 0 Å². The van der Waals surface area contributed by atoms with Crippen LogP contribution in [0.5, 0.6) is 0 Å². The molecule has 0 spiro atoms. The Balaban J connectivity index is 0.00000392. The van der Waals surface area contributed by atoms with Gasteiger partial charge in [-0.2, -0.15) is 0 Å². The molecule has 0 bridgehead atoms. The Kier molecular flexibility index (Phi) is 10.5. The molecule has 0 aromatic heterocycles. The molecule has 1 unspecified atom stereocenters. The first-order valence-corrected chi connectivity index (χ1v) is 10.7. The number of hydrogen-bond donors (Lipinski definition) is 3. The summed E-state index contributed by atoms with van der Waals surface area (Å²) in [4.78, 5) is 4.07. The SMILES string of the molecule is CC(NC(N)=NCCS(=O)(=O)NCc1ccccc1)c1ccc(Cl)cc1Cl.I. The van der Waals surface area contributed by atoms with Crippen LogP contribution in [0.1, 0.15) is 24.1 Å². The quantitative estimate of drug-likeness (QED) is 0.262. The zero-order valence-corrected chi connectivity index (χ0v) is 19.9. The standard InChI is InChI=1S/C18H22Cl2N4O2S.HI/c1-13(16-8-7-15(19)11-17(16)20)24-18(21)22-9-10-27(25,26)23-12-14-5-3-2-4-6-14;/h2-8,11,13,23H,9-10,12H2,1H3,(H3,21,22,24);1H. The van der Waals surface area contributed by atoms with E-state index in [1.807, 2.05) is 37.3 Å². The van der Waals surface area contributed by atoms with Crippen molar-refractivity contribution in [2.45, 2.75) is 19.5 Å². The zero-order valence-electron chi connectivity index (χ0n) is 15.2. The number of halogens is 3. The highest BCUT2D eigenvalue weighted by Gasteiger charge is 2.12. The molecule has 0 saturated heterocycles. The molecule has 28 heavy (non-hydrogen) atoms. The van der Waals surface area contributed by atoms with Gasteiger partial charge in [0.25, 0.3) is 0 Å². The predicted octanol–water partition coefficient (Wildman–Crippen LogP) is 3.70. The van der Waals surface area contributed by atoms with E-state index >= 15 is 0 Å². The van der Waals surface area contributed by atoms with Crippen molar-refractivity contribution >= 4 is 63.2 Å². The Bertz CT molecular complexity index is 896. The Morgan fingerprint density at radius 2 is 1.86 bits per heavy atom. The summed E-state index contributed by atoms with van der Waals surface area (Å²) < 4.78 is 26.6. The molecule has 0 aliphatic rings. The van der Waals surface area contributed by atoms with Gasteiger partial charge in [0.15, 0.2) is 5.96 Å². The van der Waals surface area contributed by atoms with Gasteiger partial charge in [0.1, 0.15) is 0 Å². The summed E-state index contributed by atoms with van der Waals surface area (Å²) in [6.45, 7) is 2.16. The Morgan fingerprint density at radius 3 is 2.50 bits per heavy atom. The van der Waals surface area contributed by atoms with E-state index in [2.05, 4.69) is 15.0 Å². The molecule has 0 radical (unpaired) electrons. The number of rotatable bonds is 8. The van der Waals surface area contributed by atoms with Crippen LogP contribution in [0.2, 0.25) is 10.0 Å². The Morgan fingerprint density at radius 1 is 1.18 bits per heavy atom. The molecule has 0 saturated carbocycles. The third-order valence-electron chi connectivity index (χ3n) is 3.77. The number of sulfonamides is 1. The van der Waals surface area contributed by atoms with Crippen molar-refractivity contribution in [1.29, 1.82) is 0 Å². The Hall–Kier alpha value is -1.07. The van der Waals surface area contributed by atoms with Crippen LogP contribution in [-0.4, -0.2) is 26.7 Å². The second-order valence-corrected chi connectivity index (χ2v) is 8.69. The second kappa shape index (κ2) is 11.8. The summed E-state index contributed by atoms with van der Waals surface area (Å²) in [5.74, 6) is -0.00931. The highest BCUT2D eigenvalue weighted by atomic mass is 127. The van der Waals surface area contributed by atoms with E-state index in [1.165, 1.54) is 0 Å². The summed E-state index contributed by atoms with van der Waals surface area (Å²) in [6, 6.07) is 14.3. The summed E-state index contributed by atoms with van der Waals surface area (Å²) in [5, 5.41) is 4.05. The number of guanidine groups is 1. The van der Waals surface area contributed by atoms with E-state index in [0.29, 0.717) is 10.0 Å². The van der Waals surface area contributed by atoms with E-state index in [4.69, 9.17) is 28.9 Å². The number of nitrogens with two attached hydrogens (primary N) is 1. The number of benzene rings is 2. The maximum Gasteiger partial charge on any atom is 0.213 e. The molecule has 1 atom stereocenters. The van der Waals surface area contributed by atoms with E-state index < -0.39 is 10.0 Å². The van der Waals surface area contributed by atoms with Crippen LogP contribution in [0.3, 0.4) is 0 Å². The molecule has 10 heteroatoms. The number of hydrogen-bond acceptors (Lipinski definition) is 3. The molecule has 154 valence electrons. The smallest absolute Gasteiger partial charge is 0.213 e. The van der Waals surface area contributed by atoms with Crippen LogP contribution in [-0.2, 0) is 16.6 Å². The fourth-order valence-electron chi connectivity index (χ4n) is 2.35. The highest BCUT2D eigenvalue weighted by Crippen LogP contribution is 2.25. The lowest BCUT2D eigenvalue weighted by Gasteiger charge is -2.16. The first-order chi connectivity index (χ1) is 12.8. The highest BCUT2D eigenvalue weighted by molar-refractivity contribution is 14.0. The summed E-state index contributed by atoms with van der Waals surface area (Å²) in [7, 11) is -3.44. The first-order valence-electron chi connectivity index (χ1n) is 8.29. The third-order valence-corrected chi connectivity index (χ3v) is 5.64. The molecular weight excluding hydrogens is 534 g/mol. The third kappa shape index (κ3) is 8.52. The summed E-state index contributed by atoms with van der Waals surface area (Å²) in [5.41, 5.74) is 7.55. The van der Waals surface area contributed by atoms with Crippen LogP contribution in [0.15, 0.2) is 53.5 Å². The molecule has 0 fully saturated rings. The lowest BCUT2D eigenvalue weighted by atomic mass is 10.1. The van der Waals surface area contributed by atoms with Gasteiger partial charge in [0.2, 0.25) is 10.0 Å². The number of nitrogens with zero attached hydrogens (tertiary/aromatic N) is 1. The normalized spacial score (nSPS) is 12.9. The van der Waals surface area contributed by atoms with Crippen LogP contribution in [0.4, 0.5) is 0 Å². The minimum atomic E-state index is -3.44. The lowest BCUT2D eigenvalue weighted by molar-refractivity contribution is 0.581. The lowest BCUT2D eigenvalue weighted by Crippen LogP contribution is -2.35. The van der Waals surface area contributed by atoms with Gasteiger partial charge < -0.3 is 11.1 Å². The molecule has 0 aliphatic heterocycles. The average molecular weight is 557 g/mol. The summed E-state index contributed by atoms with van der Waals surface area (Å²) in [6.07, 6.45) is 0. The van der Waals surface area contributed by atoms with Gasteiger partial charge in [-0.25, -0.2) is 13.1 Å². The van der Waals surface area contributed by atoms with Gasteiger partial charge in [0, 0.05) is 16.6 Å². The maximum atomic E-state index is 12.0. The van der Waals surface area contributed by atoms with Crippen LogP contribution in [0, 0.1) is 0 Å². The second-order valence-electron chi connectivity index (χ2n) is 5.92. The minimum Gasteiger partial charge on any atom is -0.370 e. The van der Waals surface area contributed by atoms with E-state index in [-0.39, 0.29) is 54.8 Å². The number of nitrogens with one attached hydrogen (secondary N) is 2. The zero-order chi connectivity index (χ0) is 19.9. The molecule has 4 N–H and O–H groups in total. The van der Waals surface area contributed by atoms with Crippen molar-refractivity contribution in [3.8, 4) is 0 Å². The molecule has 2 aromatic rings. The predicted molar refractivity (Wildman–Crippen MR) is 127 cm³/mol. The van der Waals surface area contributed by atoms with Crippen molar-refractivity contribution in [3.05, 3.63) is 69.7 Å². The molecule has 2 aromatic carbocycles. The van der Waals surface area contributed by atoms with Crippen molar-refractivity contribution in [3.63, 3.8) is 0 Å².